The fourth-order valence-electron chi connectivity index (χ4n) is 2.23. The third kappa shape index (κ3) is 3.51. The number of hydrogen-bond acceptors (Lipinski definition) is 4. The molecule has 0 aliphatic carbocycles. The van der Waals surface area contributed by atoms with Gasteiger partial charge in [-0.25, -0.2) is 4.79 Å². The molecule has 130 valence electrons. The molecule has 6 nitrogen and oxygen atoms in total. The Morgan fingerprint density at radius 3 is 2.31 bits per heavy atom. The molecule has 0 saturated carbocycles. The second kappa shape index (κ2) is 7.34. The summed E-state index contributed by atoms with van der Waals surface area (Å²) in [4.78, 5) is 25.2. The highest BCUT2D eigenvalue weighted by molar-refractivity contribution is 6.36. The Balaban J connectivity index is 2.25. The SMILES string of the molecule is [2H]c1c([2H])c(C(C#N)c2c(Cl)cc(-n3ncc(=O)[nH]c3=O)cc2Cl)c([2H])c([2H])c1Cl. The standard InChI is InChI=1S/C17H9Cl3N4O2/c18-10-3-1-9(2-4-10)12(7-21)16-13(19)5-11(6-14(16)20)24-17(26)23-15(25)8-22-24/h1-6,8,12H,(H,23,25,26)/i1D,2D,3D,4D. The van der Waals surface area contributed by atoms with Crippen molar-refractivity contribution in [2.24, 2.45) is 0 Å². The minimum Gasteiger partial charge on any atom is -0.271 e. The van der Waals surface area contributed by atoms with E-state index in [0.29, 0.717) is 0 Å². The zero-order chi connectivity index (χ0) is 22.3. The molecule has 1 unspecified atom stereocenters. The molecule has 0 amide bonds. The molecule has 3 rings (SSSR count). The van der Waals surface area contributed by atoms with E-state index < -0.39 is 41.3 Å². The normalized spacial score (nSPS) is 13.9. The summed E-state index contributed by atoms with van der Waals surface area (Å²) < 4.78 is 32.8. The van der Waals surface area contributed by atoms with Crippen LogP contribution in [0.15, 0.2) is 52.1 Å². The monoisotopic (exact) mass is 410 g/mol. The van der Waals surface area contributed by atoms with Gasteiger partial charge in [-0.05, 0) is 29.8 Å². The molecule has 3 aromatic rings. The summed E-state index contributed by atoms with van der Waals surface area (Å²) in [5.41, 5.74) is -1.66. The lowest BCUT2D eigenvalue weighted by Gasteiger charge is -2.15. The van der Waals surface area contributed by atoms with Gasteiger partial charge in [0, 0.05) is 20.6 Å². The van der Waals surface area contributed by atoms with E-state index in [1.54, 1.807) is 0 Å². The van der Waals surface area contributed by atoms with Crippen LogP contribution in [-0.4, -0.2) is 14.8 Å². The molecular weight excluding hydrogens is 399 g/mol. The van der Waals surface area contributed by atoms with Crippen LogP contribution < -0.4 is 11.2 Å². The van der Waals surface area contributed by atoms with Crippen molar-refractivity contribution in [2.45, 2.75) is 5.92 Å². The van der Waals surface area contributed by atoms with Crippen molar-refractivity contribution in [1.29, 1.82) is 5.26 Å². The molecule has 1 N–H and O–H groups in total. The van der Waals surface area contributed by atoms with Crippen molar-refractivity contribution < 1.29 is 5.48 Å². The summed E-state index contributed by atoms with van der Waals surface area (Å²) in [5, 5.41) is 12.9. The van der Waals surface area contributed by atoms with Crippen LogP contribution in [0.1, 0.15) is 22.5 Å². The van der Waals surface area contributed by atoms with Gasteiger partial charge in [-0.15, -0.1) is 0 Å². The highest BCUT2D eigenvalue weighted by Gasteiger charge is 2.21. The number of hydrogen-bond donors (Lipinski definition) is 1. The maximum Gasteiger partial charge on any atom is 0.349 e. The summed E-state index contributed by atoms with van der Waals surface area (Å²) in [6.45, 7) is 0. The fraction of sp³-hybridized carbons (Fsp3) is 0.0588. The molecule has 0 saturated heterocycles. The Labute approximate surface area is 167 Å². The van der Waals surface area contributed by atoms with E-state index in [-0.39, 0.29) is 31.9 Å². The first kappa shape index (κ1) is 13.6. The first-order valence-electron chi connectivity index (χ1n) is 8.91. The van der Waals surface area contributed by atoms with Gasteiger partial charge in [-0.1, -0.05) is 46.9 Å². The number of aromatic nitrogens is 3. The molecule has 1 aromatic heterocycles. The molecule has 0 radical (unpaired) electrons. The van der Waals surface area contributed by atoms with Crippen LogP contribution in [-0.2, 0) is 0 Å². The molecule has 26 heavy (non-hydrogen) atoms. The summed E-state index contributed by atoms with van der Waals surface area (Å²) in [6.07, 6.45) is 0.882. The van der Waals surface area contributed by atoms with Crippen molar-refractivity contribution in [1.82, 2.24) is 14.8 Å². The van der Waals surface area contributed by atoms with E-state index >= 15 is 0 Å². The van der Waals surface area contributed by atoms with Crippen molar-refractivity contribution >= 4 is 34.8 Å². The summed E-state index contributed by atoms with van der Waals surface area (Å²) in [5.74, 6) is -1.36. The zero-order valence-corrected chi connectivity index (χ0v) is 14.9. The average molecular weight is 412 g/mol. The third-order valence-electron chi connectivity index (χ3n) is 3.34. The molecule has 1 heterocycles. The second-order valence-corrected chi connectivity index (χ2v) is 6.16. The van der Waals surface area contributed by atoms with E-state index in [2.05, 4.69) is 5.10 Å². The smallest absolute Gasteiger partial charge is 0.271 e. The van der Waals surface area contributed by atoms with Gasteiger partial charge >= 0.3 is 5.69 Å². The number of benzene rings is 2. The molecule has 1 atom stereocenters. The lowest BCUT2D eigenvalue weighted by atomic mass is 9.92. The van der Waals surface area contributed by atoms with Crippen molar-refractivity contribution in [3.05, 3.63) is 89.5 Å². The first-order chi connectivity index (χ1) is 14.1. The lowest BCUT2D eigenvalue weighted by Crippen LogP contribution is -2.30. The first-order valence-corrected chi connectivity index (χ1v) is 8.05. The number of nitrogens with one attached hydrogen (secondary N) is 1. The number of H-pyrrole nitrogens is 1. The predicted molar refractivity (Wildman–Crippen MR) is 99.4 cm³/mol. The van der Waals surface area contributed by atoms with E-state index in [4.69, 9.17) is 40.3 Å². The Morgan fingerprint density at radius 1 is 1.15 bits per heavy atom. The Hall–Kier alpha value is -2.59. The van der Waals surface area contributed by atoms with E-state index in [1.165, 1.54) is 12.1 Å². The van der Waals surface area contributed by atoms with Gasteiger partial charge in [0.25, 0.3) is 5.56 Å². The van der Waals surface area contributed by atoms with E-state index in [9.17, 15) is 14.9 Å². The van der Waals surface area contributed by atoms with Crippen LogP contribution in [0.3, 0.4) is 0 Å². The third-order valence-corrected chi connectivity index (χ3v) is 4.16. The van der Waals surface area contributed by atoms with Crippen LogP contribution >= 0.6 is 34.8 Å². The Kier molecular flexibility index (Phi) is 3.84. The molecule has 9 heteroatoms. The number of nitrogens with zero attached hydrogens (tertiary/aromatic N) is 3. The van der Waals surface area contributed by atoms with Crippen LogP contribution in [0.5, 0.6) is 0 Å². The van der Waals surface area contributed by atoms with Crippen LogP contribution in [0.25, 0.3) is 5.69 Å². The fourth-order valence-corrected chi connectivity index (χ4v) is 3.02. The van der Waals surface area contributed by atoms with Gasteiger partial charge in [0.2, 0.25) is 0 Å². The maximum atomic E-state index is 12.0. The predicted octanol–water partition coefficient (Wildman–Crippen LogP) is 3.54. The molecule has 0 bridgehead atoms. The Bertz CT molecular complexity index is 1300. The lowest BCUT2D eigenvalue weighted by molar-refractivity contribution is 0.749. The quantitative estimate of drug-likeness (QED) is 0.713. The van der Waals surface area contributed by atoms with E-state index in [0.717, 1.165) is 10.9 Å². The highest BCUT2D eigenvalue weighted by atomic mass is 35.5. The van der Waals surface area contributed by atoms with Crippen LogP contribution in [0, 0.1) is 11.3 Å². The zero-order valence-electron chi connectivity index (χ0n) is 16.6. The molecule has 2 aromatic carbocycles. The number of nitriles is 1. The topological polar surface area (TPSA) is 91.5 Å². The average Bonchev–Trinajstić information content (AvgIpc) is 2.69. The number of aromatic amines is 1. The Morgan fingerprint density at radius 2 is 1.77 bits per heavy atom. The van der Waals surface area contributed by atoms with E-state index in [1.807, 2.05) is 11.1 Å². The molecular formula is C17H9Cl3N4O2. The molecule has 0 aliphatic rings. The molecule has 0 spiro atoms. The summed E-state index contributed by atoms with van der Waals surface area (Å²) in [7, 11) is 0. The van der Waals surface area contributed by atoms with Gasteiger partial charge in [0.05, 0.1) is 23.2 Å². The van der Waals surface area contributed by atoms with Gasteiger partial charge in [-0.2, -0.15) is 15.0 Å². The number of rotatable bonds is 3. The van der Waals surface area contributed by atoms with Crippen LogP contribution in [0.4, 0.5) is 0 Å². The van der Waals surface area contributed by atoms with Gasteiger partial charge in [-0.3, -0.25) is 9.78 Å². The van der Waals surface area contributed by atoms with Crippen molar-refractivity contribution in [3.8, 4) is 11.8 Å². The van der Waals surface area contributed by atoms with Gasteiger partial charge < -0.3 is 0 Å². The highest BCUT2D eigenvalue weighted by Crippen LogP contribution is 2.37. The number of halogens is 3. The van der Waals surface area contributed by atoms with Gasteiger partial charge in [0.15, 0.2) is 0 Å². The molecule has 0 aliphatic heterocycles. The van der Waals surface area contributed by atoms with Gasteiger partial charge in [0.1, 0.15) is 6.20 Å². The minimum absolute atomic E-state index is 0.0187. The summed E-state index contributed by atoms with van der Waals surface area (Å²) >= 11 is 18.4. The largest absolute Gasteiger partial charge is 0.349 e. The molecule has 0 fully saturated rings. The van der Waals surface area contributed by atoms with Crippen molar-refractivity contribution in [3.63, 3.8) is 0 Å². The minimum atomic E-state index is -1.36. The maximum absolute atomic E-state index is 12.0. The van der Waals surface area contributed by atoms with Crippen LogP contribution in [0.2, 0.25) is 15.1 Å². The second-order valence-electron chi connectivity index (χ2n) is 4.96. The van der Waals surface area contributed by atoms with Crippen molar-refractivity contribution in [2.75, 3.05) is 0 Å². The summed E-state index contributed by atoms with van der Waals surface area (Å²) in [6, 6.07) is 2.45.